The lowest BCUT2D eigenvalue weighted by molar-refractivity contribution is -0.122. The molecule has 0 spiro atoms. The molecule has 1 aliphatic carbocycles. The maximum Gasteiger partial charge on any atom is 0.228 e. The zero-order chi connectivity index (χ0) is 19.4. The lowest BCUT2D eigenvalue weighted by Crippen LogP contribution is -2.20. The van der Waals surface area contributed by atoms with Crippen LogP contribution >= 0.6 is 0 Å². The van der Waals surface area contributed by atoms with Crippen molar-refractivity contribution >= 4 is 34.8 Å². The Balaban J connectivity index is 1.54. The molecule has 7 nitrogen and oxygen atoms in total. The van der Waals surface area contributed by atoms with E-state index >= 15 is 0 Å². The topological polar surface area (TPSA) is 96.5 Å². The van der Waals surface area contributed by atoms with Crippen LogP contribution in [-0.4, -0.2) is 24.8 Å². The van der Waals surface area contributed by atoms with E-state index in [-0.39, 0.29) is 29.6 Å². The average molecular weight is 367 g/mol. The average Bonchev–Trinajstić information content (AvgIpc) is 3.44. The van der Waals surface area contributed by atoms with Gasteiger partial charge in [-0.05, 0) is 42.8 Å². The van der Waals surface area contributed by atoms with E-state index in [9.17, 15) is 14.4 Å². The first kappa shape index (κ1) is 18.4. The number of carbonyl (C=O) groups is 3. The number of para-hydroxylation sites is 2. The van der Waals surface area contributed by atoms with Gasteiger partial charge in [0.1, 0.15) is 5.75 Å². The van der Waals surface area contributed by atoms with Crippen LogP contribution in [0.5, 0.6) is 5.75 Å². The molecule has 3 rings (SSSR count). The molecule has 2 atom stereocenters. The van der Waals surface area contributed by atoms with Crippen molar-refractivity contribution in [2.24, 2.45) is 11.8 Å². The molecule has 0 saturated heterocycles. The molecule has 1 saturated carbocycles. The molecule has 1 fully saturated rings. The predicted octanol–water partition coefficient (Wildman–Crippen LogP) is 2.87. The van der Waals surface area contributed by atoms with Crippen molar-refractivity contribution in [3.63, 3.8) is 0 Å². The molecule has 0 aromatic heterocycles. The molecule has 1 aliphatic rings. The third kappa shape index (κ3) is 4.63. The SMILES string of the molecule is COc1ccccc1NC(=O)C1CC1C(=O)Nc1ccc(NC(C)=O)cc1. The highest BCUT2D eigenvalue weighted by Crippen LogP contribution is 2.40. The van der Waals surface area contributed by atoms with E-state index in [0.29, 0.717) is 29.2 Å². The second-order valence-electron chi connectivity index (χ2n) is 6.39. The standard InChI is InChI=1S/C20H21N3O4/c1-12(24)21-13-7-9-14(10-8-13)22-19(25)15-11-16(15)20(26)23-17-5-3-4-6-18(17)27-2/h3-10,15-16H,11H2,1-2H3,(H,21,24)(H,22,25)(H,23,26). The van der Waals surface area contributed by atoms with Crippen molar-refractivity contribution in [1.29, 1.82) is 0 Å². The Morgan fingerprint density at radius 2 is 1.41 bits per heavy atom. The number of ether oxygens (including phenoxy) is 1. The van der Waals surface area contributed by atoms with Crippen LogP contribution in [0.25, 0.3) is 0 Å². The Labute approximate surface area is 157 Å². The van der Waals surface area contributed by atoms with E-state index in [1.165, 1.54) is 14.0 Å². The summed E-state index contributed by atoms with van der Waals surface area (Å²) in [6.45, 7) is 1.43. The van der Waals surface area contributed by atoms with Gasteiger partial charge in [0.15, 0.2) is 0 Å². The lowest BCUT2D eigenvalue weighted by Gasteiger charge is -2.10. The van der Waals surface area contributed by atoms with E-state index in [1.807, 2.05) is 6.07 Å². The van der Waals surface area contributed by atoms with Crippen LogP contribution in [0.1, 0.15) is 13.3 Å². The van der Waals surface area contributed by atoms with E-state index in [4.69, 9.17) is 4.74 Å². The molecule has 0 bridgehead atoms. The van der Waals surface area contributed by atoms with Crippen molar-refractivity contribution in [3.05, 3.63) is 48.5 Å². The Morgan fingerprint density at radius 3 is 2.00 bits per heavy atom. The Morgan fingerprint density at radius 1 is 0.852 bits per heavy atom. The summed E-state index contributed by atoms with van der Waals surface area (Å²) in [6.07, 6.45) is 0.511. The summed E-state index contributed by atoms with van der Waals surface area (Å²) in [7, 11) is 1.54. The maximum atomic E-state index is 12.4. The first-order valence-electron chi connectivity index (χ1n) is 8.60. The van der Waals surface area contributed by atoms with Crippen LogP contribution in [0.15, 0.2) is 48.5 Å². The zero-order valence-corrected chi connectivity index (χ0v) is 15.1. The largest absolute Gasteiger partial charge is 0.495 e. The van der Waals surface area contributed by atoms with Gasteiger partial charge >= 0.3 is 0 Å². The lowest BCUT2D eigenvalue weighted by atomic mass is 10.2. The van der Waals surface area contributed by atoms with Crippen LogP contribution < -0.4 is 20.7 Å². The molecule has 2 aromatic carbocycles. The maximum absolute atomic E-state index is 12.4. The van der Waals surface area contributed by atoms with Gasteiger partial charge in [-0.2, -0.15) is 0 Å². The number of anilines is 3. The monoisotopic (exact) mass is 367 g/mol. The summed E-state index contributed by atoms with van der Waals surface area (Å²) in [5.74, 6) is -0.674. The van der Waals surface area contributed by atoms with Crippen molar-refractivity contribution in [3.8, 4) is 5.75 Å². The minimum Gasteiger partial charge on any atom is -0.495 e. The van der Waals surface area contributed by atoms with E-state index in [1.54, 1.807) is 42.5 Å². The number of hydrogen-bond donors (Lipinski definition) is 3. The van der Waals surface area contributed by atoms with Crippen LogP contribution in [-0.2, 0) is 14.4 Å². The number of nitrogens with one attached hydrogen (secondary N) is 3. The molecular formula is C20H21N3O4. The zero-order valence-electron chi connectivity index (χ0n) is 15.1. The quantitative estimate of drug-likeness (QED) is 0.731. The number of hydrogen-bond acceptors (Lipinski definition) is 4. The van der Waals surface area contributed by atoms with Gasteiger partial charge in [-0.15, -0.1) is 0 Å². The first-order valence-corrected chi connectivity index (χ1v) is 8.60. The van der Waals surface area contributed by atoms with Gasteiger partial charge in [0.05, 0.1) is 24.6 Å². The molecule has 3 N–H and O–H groups in total. The summed E-state index contributed by atoms with van der Waals surface area (Å²) in [5.41, 5.74) is 1.86. The molecule has 3 amide bonds. The fourth-order valence-corrected chi connectivity index (χ4v) is 2.82. The van der Waals surface area contributed by atoms with Gasteiger partial charge in [-0.25, -0.2) is 0 Å². The summed E-state index contributed by atoms with van der Waals surface area (Å²) < 4.78 is 5.21. The van der Waals surface area contributed by atoms with Gasteiger partial charge in [0, 0.05) is 18.3 Å². The summed E-state index contributed by atoms with van der Waals surface area (Å²) in [4.78, 5) is 35.7. The highest BCUT2D eigenvalue weighted by molar-refractivity contribution is 6.03. The Hall–Kier alpha value is -3.35. The number of carbonyl (C=O) groups excluding carboxylic acids is 3. The molecule has 27 heavy (non-hydrogen) atoms. The van der Waals surface area contributed by atoms with Crippen molar-refractivity contribution < 1.29 is 19.1 Å². The van der Waals surface area contributed by atoms with Crippen LogP contribution in [0, 0.1) is 11.8 Å². The van der Waals surface area contributed by atoms with Gasteiger partial charge < -0.3 is 20.7 Å². The van der Waals surface area contributed by atoms with Crippen molar-refractivity contribution in [1.82, 2.24) is 0 Å². The molecule has 2 unspecified atom stereocenters. The molecule has 7 heteroatoms. The minimum absolute atomic E-state index is 0.159. The summed E-state index contributed by atoms with van der Waals surface area (Å²) in [5, 5.41) is 8.27. The second-order valence-corrected chi connectivity index (χ2v) is 6.39. The van der Waals surface area contributed by atoms with Gasteiger partial charge in [0.25, 0.3) is 0 Å². The Bertz CT molecular complexity index is 864. The molecule has 0 heterocycles. The van der Waals surface area contributed by atoms with E-state index < -0.39 is 0 Å². The number of rotatable bonds is 6. The normalized spacial score (nSPS) is 17.6. The van der Waals surface area contributed by atoms with Crippen molar-refractivity contribution in [2.75, 3.05) is 23.1 Å². The number of amides is 3. The highest BCUT2D eigenvalue weighted by Gasteiger charge is 2.48. The van der Waals surface area contributed by atoms with Gasteiger partial charge in [-0.1, -0.05) is 12.1 Å². The number of benzene rings is 2. The fraction of sp³-hybridized carbons (Fsp3) is 0.250. The van der Waals surface area contributed by atoms with Crippen LogP contribution in [0.4, 0.5) is 17.1 Å². The fourth-order valence-electron chi connectivity index (χ4n) is 2.82. The Kier molecular flexibility index (Phi) is 5.40. The van der Waals surface area contributed by atoms with E-state index in [2.05, 4.69) is 16.0 Å². The minimum atomic E-state index is -0.353. The van der Waals surface area contributed by atoms with Crippen LogP contribution in [0.2, 0.25) is 0 Å². The third-order valence-corrected chi connectivity index (χ3v) is 4.30. The summed E-state index contributed by atoms with van der Waals surface area (Å²) >= 11 is 0. The summed E-state index contributed by atoms with van der Waals surface area (Å²) in [6, 6.07) is 14.0. The van der Waals surface area contributed by atoms with Gasteiger partial charge in [0.2, 0.25) is 17.7 Å². The third-order valence-electron chi connectivity index (χ3n) is 4.30. The number of methoxy groups -OCH3 is 1. The first-order chi connectivity index (χ1) is 13.0. The predicted molar refractivity (Wildman–Crippen MR) is 103 cm³/mol. The molecule has 140 valence electrons. The smallest absolute Gasteiger partial charge is 0.228 e. The second kappa shape index (κ2) is 7.90. The molecular weight excluding hydrogens is 346 g/mol. The molecule has 0 aliphatic heterocycles. The molecule has 2 aromatic rings. The molecule has 0 radical (unpaired) electrons. The van der Waals surface area contributed by atoms with Crippen molar-refractivity contribution in [2.45, 2.75) is 13.3 Å². The van der Waals surface area contributed by atoms with Crippen LogP contribution in [0.3, 0.4) is 0 Å². The van der Waals surface area contributed by atoms with Gasteiger partial charge in [-0.3, -0.25) is 14.4 Å². The highest BCUT2D eigenvalue weighted by atomic mass is 16.5. The van der Waals surface area contributed by atoms with E-state index in [0.717, 1.165) is 0 Å².